The first-order chi connectivity index (χ1) is 13.2. The number of aryl methyl sites for hydroxylation is 1. The van der Waals surface area contributed by atoms with E-state index in [2.05, 4.69) is 21.3 Å². The van der Waals surface area contributed by atoms with E-state index in [4.69, 9.17) is 14.7 Å². The van der Waals surface area contributed by atoms with Gasteiger partial charge in [-0.25, -0.2) is 9.97 Å². The summed E-state index contributed by atoms with van der Waals surface area (Å²) in [4.78, 5) is 11.3. The normalized spacial score (nSPS) is 17.0. The summed E-state index contributed by atoms with van der Waals surface area (Å²) < 4.78 is 5.75. The minimum absolute atomic E-state index is 0.288. The van der Waals surface area contributed by atoms with Gasteiger partial charge in [-0.3, -0.25) is 4.90 Å². The number of rotatable bonds is 5. The molecule has 4 heterocycles. The van der Waals surface area contributed by atoms with Gasteiger partial charge in [-0.15, -0.1) is 0 Å². The molecule has 0 radical (unpaired) electrons. The lowest BCUT2D eigenvalue weighted by atomic mass is 10.1. The van der Waals surface area contributed by atoms with Gasteiger partial charge in [0, 0.05) is 0 Å². The first-order valence-electron chi connectivity index (χ1n) is 9.11. The van der Waals surface area contributed by atoms with E-state index in [-0.39, 0.29) is 6.04 Å². The number of likely N-dealkylation sites (tertiary alicyclic amines) is 1. The second kappa shape index (κ2) is 7.60. The molecular weight excluding hydrogens is 338 g/mol. The number of nitrogens with one attached hydrogen (secondary N) is 1. The van der Waals surface area contributed by atoms with Gasteiger partial charge in [0.05, 0.1) is 30.2 Å². The first kappa shape index (κ1) is 17.3. The largest absolute Gasteiger partial charge is 0.465 e. The zero-order chi connectivity index (χ0) is 18.6. The fourth-order valence-electron chi connectivity index (χ4n) is 3.51. The number of nitrogens with zero attached hydrogens (tertiary/aromatic N) is 4. The van der Waals surface area contributed by atoms with Crippen molar-refractivity contribution in [1.82, 2.24) is 14.9 Å². The van der Waals surface area contributed by atoms with Gasteiger partial charge in [0.15, 0.2) is 0 Å². The van der Waals surface area contributed by atoms with E-state index in [1.54, 1.807) is 12.3 Å². The van der Waals surface area contributed by atoms with Crippen LogP contribution < -0.4 is 5.32 Å². The Morgan fingerprint density at radius 2 is 2.19 bits per heavy atom. The van der Waals surface area contributed by atoms with Crippen LogP contribution in [-0.4, -0.2) is 21.4 Å². The predicted octanol–water partition coefficient (Wildman–Crippen LogP) is 4.33. The highest BCUT2D eigenvalue weighted by Crippen LogP contribution is 2.33. The van der Waals surface area contributed by atoms with Crippen LogP contribution in [0.25, 0.3) is 0 Å². The quantitative estimate of drug-likeness (QED) is 0.730. The van der Waals surface area contributed by atoms with Gasteiger partial charge in [-0.2, -0.15) is 5.26 Å². The lowest BCUT2D eigenvalue weighted by molar-refractivity contribution is 0.223. The molecule has 3 aromatic rings. The third-order valence-electron chi connectivity index (χ3n) is 4.78. The van der Waals surface area contributed by atoms with Gasteiger partial charge < -0.3 is 9.73 Å². The van der Waals surface area contributed by atoms with E-state index in [1.165, 1.54) is 0 Å². The second-order valence-electron chi connectivity index (χ2n) is 6.76. The molecule has 0 amide bonds. The fraction of sp³-hybridized carbons (Fsp3) is 0.286. The zero-order valence-corrected chi connectivity index (χ0v) is 15.2. The second-order valence-corrected chi connectivity index (χ2v) is 6.76. The van der Waals surface area contributed by atoms with Crippen molar-refractivity contribution in [3.05, 3.63) is 71.6 Å². The van der Waals surface area contributed by atoms with E-state index in [0.717, 1.165) is 54.7 Å². The number of anilines is 2. The molecule has 0 aromatic carbocycles. The minimum atomic E-state index is 0.288. The molecule has 1 saturated heterocycles. The Labute approximate surface area is 158 Å². The molecule has 136 valence electrons. The van der Waals surface area contributed by atoms with Crippen molar-refractivity contribution < 1.29 is 4.42 Å². The van der Waals surface area contributed by atoms with Crippen LogP contribution in [0.5, 0.6) is 0 Å². The van der Waals surface area contributed by atoms with Gasteiger partial charge in [0.1, 0.15) is 29.1 Å². The molecular formula is C21H21N5O. The SMILES string of the molecule is Cc1ccc(CN2CCC[C@H]2c2cccc(Nc3ccc(C#N)nc3)n2)o1. The first-order valence-corrected chi connectivity index (χ1v) is 9.11. The molecule has 1 aliphatic heterocycles. The van der Waals surface area contributed by atoms with Crippen LogP contribution in [-0.2, 0) is 6.54 Å². The summed E-state index contributed by atoms with van der Waals surface area (Å²) in [7, 11) is 0. The predicted molar refractivity (Wildman–Crippen MR) is 102 cm³/mol. The van der Waals surface area contributed by atoms with Crippen molar-refractivity contribution in [2.45, 2.75) is 32.4 Å². The summed E-state index contributed by atoms with van der Waals surface area (Å²) in [5.41, 5.74) is 2.27. The van der Waals surface area contributed by atoms with E-state index in [1.807, 2.05) is 43.3 Å². The Morgan fingerprint density at radius 1 is 1.26 bits per heavy atom. The van der Waals surface area contributed by atoms with Crippen molar-refractivity contribution >= 4 is 11.5 Å². The maximum Gasteiger partial charge on any atom is 0.140 e. The number of hydrogen-bond acceptors (Lipinski definition) is 6. The molecule has 0 unspecified atom stereocenters. The van der Waals surface area contributed by atoms with Crippen LogP contribution in [0.4, 0.5) is 11.5 Å². The van der Waals surface area contributed by atoms with Gasteiger partial charge in [-0.1, -0.05) is 6.07 Å². The van der Waals surface area contributed by atoms with E-state index in [9.17, 15) is 0 Å². The van der Waals surface area contributed by atoms with E-state index >= 15 is 0 Å². The highest BCUT2D eigenvalue weighted by molar-refractivity contribution is 5.55. The third-order valence-corrected chi connectivity index (χ3v) is 4.78. The van der Waals surface area contributed by atoms with Crippen LogP contribution in [0.15, 0.2) is 53.1 Å². The number of furan rings is 1. The van der Waals surface area contributed by atoms with Gasteiger partial charge in [0.2, 0.25) is 0 Å². The molecule has 6 heteroatoms. The van der Waals surface area contributed by atoms with Crippen molar-refractivity contribution in [3.63, 3.8) is 0 Å². The summed E-state index contributed by atoms with van der Waals surface area (Å²) in [6, 6.07) is 15.9. The summed E-state index contributed by atoms with van der Waals surface area (Å²) in [6.45, 7) is 3.82. The van der Waals surface area contributed by atoms with Crippen molar-refractivity contribution in [3.8, 4) is 6.07 Å². The Morgan fingerprint density at radius 3 is 2.93 bits per heavy atom. The lowest BCUT2D eigenvalue weighted by Crippen LogP contribution is -2.23. The van der Waals surface area contributed by atoms with Crippen molar-refractivity contribution in [2.24, 2.45) is 0 Å². The fourth-order valence-corrected chi connectivity index (χ4v) is 3.51. The molecule has 1 N–H and O–H groups in total. The smallest absolute Gasteiger partial charge is 0.140 e. The Bertz CT molecular complexity index is 957. The average Bonchev–Trinajstić information content (AvgIpc) is 3.32. The Hall–Kier alpha value is -3.17. The molecule has 1 atom stereocenters. The average molecular weight is 359 g/mol. The Kier molecular flexibility index (Phi) is 4.86. The molecule has 0 aliphatic carbocycles. The molecule has 4 rings (SSSR count). The molecule has 0 bridgehead atoms. The molecule has 27 heavy (non-hydrogen) atoms. The van der Waals surface area contributed by atoms with E-state index < -0.39 is 0 Å². The Balaban J connectivity index is 1.49. The van der Waals surface area contributed by atoms with Crippen molar-refractivity contribution in [2.75, 3.05) is 11.9 Å². The van der Waals surface area contributed by atoms with Crippen LogP contribution in [0.2, 0.25) is 0 Å². The zero-order valence-electron chi connectivity index (χ0n) is 15.2. The summed E-state index contributed by atoms with van der Waals surface area (Å²) in [5, 5.41) is 12.1. The summed E-state index contributed by atoms with van der Waals surface area (Å²) in [6.07, 6.45) is 3.89. The molecule has 0 saturated carbocycles. The lowest BCUT2D eigenvalue weighted by Gasteiger charge is -2.23. The highest BCUT2D eigenvalue weighted by Gasteiger charge is 2.27. The third kappa shape index (κ3) is 3.99. The number of hydrogen-bond donors (Lipinski definition) is 1. The number of nitriles is 1. The standard InChI is InChI=1S/C21H21N5O/c1-15-7-10-18(27-15)14-26-11-3-5-20(26)19-4-2-6-21(25-19)24-17-9-8-16(12-22)23-13-17/h2,4,6-10,13,20H,3,5,11,14H2,1H3,(H,24,25)/t20-/m0/s1. The highest BCUT2D eigenvalue weighted by atomic mass is 16.3. The van der Waals surface area contributed by atoms with Crippen molar-refractivity contribution in [1.29, 1.82) is 5.26 Å². The van der Waals surface area contributed by atoms with Crippen LogP contribution in [0.1, 0.15) is 41.8 Å². The molecule has 6 nitrogen and oxygen atoms in total. The molecule has 3 aromatic heterocycles. The molecule has 0 spiro atoms. The monoisotopic (exact) mass is 359 g/mol. The maximum absolute atomic E-state index is 8.85. The molecule has 1 fully saturated rings. The van der Waals surface area contributed by atoms with E-state index in [0.29, 0.717) is 5.69 Å². The van der Waals surface area contributed by atoms with Crippen LogP contribution in [0, 0.1) is 18.3 Å². The summed E-state index contributed by atoms with van der Waals surface area (Å²) in [5.74, 6) is 2.72. The molecule has 1 aliphatic rings. The van der Waals surface area contributed by atoms with Gasteiger partial charge >= 0.3 is 0 Å². The summed E-state index contributed by atoms with van der Waals surface area (Å²) >= 11 is 0. The van der Waals surface area contributed by atoms with Crippen LogP contribution in [0.3, 0.4) is 0 Å². The number of pyridine rings is 2. The van der Waals surface area contributed by atoms with Crippen LogP contribution >= 0.6 is 0 Å². The topological polar surface area (TPSA) is 78.0 Å². The minimum Gasteiger partial charge on any atom is -0.465 e. The van der Waals surface area contributed by atoms with Gasteiger partial charge in [-0.05, 0) is 62.7 Å². The number of aromatic nitrogens is 2. The maximum atomic E-state index is 8.85. The van der Waals surface area contributed by atoms with Gasteiger partial charge in [0.25, 0.3) is 0 Å².